The van der Waals surface area contributed by atoms with Crippen molar-refractivity contribution in [3.05, 3.63) is 35.9 Å². The molecule has 1 atom stereocenters. The van der Waals surface area contributed by atoms with Gasteiger partial charge in [-0.15, -0.1) is 0 Å². The molecule has 0 radical (unpaired) electrons. The first kappa shape index (κ1) is 15.8. The van der Waals surface area contributed by atoms with Gasteiger partial charge in [-0.25, -0.2) is 0 Å². The number of hydrogen-bond acceptors (Lipinski definition) is 3. The third-order valence-electron chi connectivity index (χ3n) is 3.92. The fourth-order valence-electron chi connectivity index (χ4n) is 2.26. The minimum absolute atomic E-state index is 0.0168. The van der Waals surface area contributed by atoms with Gasteiger partial charge in [0.25, 0.3) is 0 Å². The van der Waals surface area contributed by atoms with E-state index in [4.69, 9.17) is 9.31 Å². The molecule has 21 heavy (non-hydrogen) atoms. The van der Waals surface area contributed by atoms with Crippen molar-refractivity contribution < 1.29 is 14.1 Å². The maximum atomic E-state index is 11.7. The van der Waals surface area contributed by atoms with Crippen LogP contribution >= 0.6 is 0 Å². The summed E-state index contributed by atoms with van der Waals surface area (Å²) in [6.45, 7) is 9.82. The Hall–Kier alpha value is -1.59. The van der Waals surface area contributed by atoms with Gasteiger partial charge in [-0.3, -0.25) is 4.79 Å². The molecule has 1 aliphatic heterocycles. The first-order chi connectivity index (χ1) is 9.85. The molecule has 1 heterocycles. The van der Waals surface area contributed by atoms with Gasteiger partial charge in [-0.05, 0) is 57.8 Å². The number of carbonyl (C=O) groups excluding carboxylic acids is 1. The summed E-state index contributed by atoms with van der Waals surface area (Å²) < 4.78 is 11.9. The predicted octanol–water partition coefficient (Wildman–Crippen LogP) is 2.42. The molecule has 1 aliphatic rings. The second kappa shape index (κ2) is 6.04. The first-order valence-electron chi connectivity index (χ1n) is 7.21. The van der Waals surface area contributed by atoms with E-state index in [9.17, 15) is 4.79 Å². The minimum Gasteiger partial charge on any atom is -0.402 e. The number of nitrogens with one attached hydrogen (secondary N) is 1. The van der Waals surface area contributed by atoms with E-state index in [0.29, 0.717) is 0 Å². The summed E-state index contributed by atoms with van der Waals surface area (Å²) in [5, 5.41) is 2.87. The zero-order valence-electron chi connectivity index (χ0n) is 13.3. The Morgan fingerprint density at radius 1 is 1.43 bits per heavy atom. The molecule has 1 unspecified atom stereocenters. The molecule has 1 amide bonds. The molecule has 0 aliphatic carbocycles. The number of benzene rings is 1. The van der Waals surface area contributed by atoms with Crippen LogP contribution in [0.1, 0.15) is 33.3 Å². The quantitative estimate of drug-likeness (QED) is 0.686. The molecule has 2 rings (SSSR count). The smallest absolute Gasteiger partial charge is 0.402 e. The Morgan fingerprint density at radius 2 is 2.14 bits per heavy atom. The summed E-state index contributed by atoms with van der Waals surface area (Å²) in [5.41, 5.74) is 2.37. The van der Waals surface area contributed by atoms with Gasteiger partial charge < -0.3 is 14.6 Å². The molecule has 4 nitrogen and oxygen atoms in total. The maximum absolute atomic E-state index is 11.7. The molecule has 5 heteroatoms. The Labute approximate surface area is 126 Å². The Balaban J connectivity index is 2.25. The molecule has 0 spiro atoms. The predicted molar refractivity (Wildman–Crippen MR) is 85.7 cm³/mol. The van der Waals surface area contributed by atoms with Gasteiger partial charge in [0, 0.05) is 5.69 Å². The van der Waals surface area contributed by atoms with Crippen LogP contribution in [0.25, 0.3) is 0 Å². The second-order valence-corrected chi connectivity index (χ2v) is 5.84. The van der Waals surface area contributed by atoms with Crippen LogP contribution in [0, 0.1) is 6.92 Å². The number of anilines is 1. The summed E-state index contributed by atoms with van der Waals surface area (Å²) in [7, 11) is -0.395. The highest BCUT2D eigenvalue weighted by atomic mass is 16.7. The number of carbonyl (C=O) groups is 1. The van der Waals surface area contributed by atoms with Crippen LogP contribution in [-0.2, 0) is 14.1 Å². The molecule has 1 fully saturated rings. The average molecular weight is 287 g/mol. The molecule has 0 aromatic heterocycles. The van der Waals surface area contributed by atoms with Gasteiger partial charge in [-0.1, -0.05) is 18.2 Å². The van der Waals surface area contributed by atoms with Gasteiger partial charge in [0.1, 0.15) is 0 Å². The van der Waals surface area contributed by atoms with Crippen molar-refractivity contribution >= 4 is 24.2 Å². The van der Waals surface area contributed by atoms with Crippen molar-refractivity contribution in [2.75, 3.05) is 5.32 Å². The highest BCUT2D eigenvalue weighted by Crippen LogP contribution is 2.27. The molecule has 0 bridgehead atoms. The Bertz CT molecular complexity index is 569. The molecule has 1 aromatic carbocycles. The lowest BCUT2D eigenvalue weighted by Gasteiger charge is -2.21. The van der Waals surface area contributed by atoms with E-state index in [-0.39, 0.29) is 17.6 Å². The third kappa shape index (κ3) is 3.36. The van der Waals surface area contributed by atoms with Crippen molar-refractivity contribution in [2.24, 2.45) is 0 Å². The highest BCUT2D eigenvalue weighted by molar-refractivity contribution is 6.62. The lowest BCUT2D eigenvalue weighted by molar-refractivity contribution is -0.111. The Morgan fingerprint density at radius 3 is 2.71 bits per heavy atom. The SMILES string of the molecule is C/C=C/C(=O)Nc1cccc(B2OC(C)C(C)(C)O2)c1C. The van der Waals surface area contributed by atoms with E-state index < -0.39 is 7.12 Å². The molecular formula is C16H22BNO3. The average Bonchev–Trinajstić information content (AvgIpc) is 2.66. The van der Waals surface area contributed by atoms with Crippen LogP contribution in [0.3, 0.4) is 0 Å². The largest absolute Gasteiger partial charge is 0.494 e. The van der Waals surface area contributed by atoms with Gasteiger partial charge in [0.15, 0.2) is 0 Å². The van der Waals surface area contributed by atoms with Crippen molar-refractivity contribution in [1.29, 1.82) is 0 Å². The fraction of sp³-hybridized carbons (Fsp3) is 0.438. The highest BCUT2D eigenvalue weighted by Gasteiger charge is 2.44. The summed E-state index contributed by atoms with van der Waals surface area (Å²) in [5.74, 6) is -0.139. The van der Waals surface area contributed by atoms with Crippen LogP contribution in [0.15, 0.2) is 30.4 Å². The van der Waals surface area contributed by atoms with E-state index in [1.165, 1.54) is 6.08 Å². The van der Waals surface area contributed by atoms with E-state index >= 15 is 0 Å². The van der Waals surface area contributed by atoms with Gasteiger partial charge in [0.2, 0.25) is 5.91 Å². The standard InChI is InChI=1S/C16H22BNO3/c1-6-8-15(19)18-14-10-7-9-13(11(14)2)17-20-12(3)16(4,5)21-17/h6-10,12H,1-5H3,(H,18,19)/b8-6+. The molecule has 112 valence electrons. The molecule has 1 saturated heterocycles. The fourth-order valence-corrected chi connectivity index (χ4v) is 2.26. The molecule has 0 saturated carbocycles. The third-order valence-corrected chi connectivity index (χ3v) is 3.92. The van der Waals surface area contributed by atoms with E-state index in [1.54, 1.807) is 6.08 Å². The maximum Gasteiger partial charge on any atom is 0.494 e. The number of allylic oxidation sites excluding steroid dienone is 1. The number of hydrogen-bond donors (Lipinski definition) is 1. The second-order valence-electron chi connectivity index (χ2n) is 5.84. The lowest BCUT2D eigenvalue weighted by atomic mass is 9.76. The van der Waals surface area contributed by atoms with Crippen molar-refractivity contribution in [2.45, 2.75) is 46.3 Å². The van der Waals surface area contributed by atoms with Crippen LogP contribution in [0.4, 0.5) is 5.69 Å². The zero-order chi connectivity index (χ0) is 15.6. The first-order valence-corrected chi connectivity index (χ1v) is 7.21. The molecular weight excluding hydrogens is 265 g/mol. The van der Waals surface area contributed by atoms with Gasteiger partial charge in [-0.2, -0.15) is 0 Å². The number of amides is 1. The van der Waals surface area contributed by atoms with Crippen molar-refractivity contribution in [3.8, 4) is 0 Å². The summed E-state index contributed by atoms with van der Waals surface area (Å²) in [6, 6.07) is 5.75. The van der Waals surface area contributed by atoms with Crippen molar-refractivity contribution in [1.82, 2.24) is 0 Å². The van der Waals surface area contributed by atoms with Crippen LogP contribution < -0.4 is 10.8 Å². The van der Waals surface area contributed by atoms with Crippen LogP contribution in [0.5, 0.6) is 0 Å². The van der Waals surface area contributed by atoms with Gasteiger partial charge in [0.05, 0.1) is 11.7 Å². The Kier molecular flexibility index (Phi) is 4.54. The molecule has 1 aromatic rings. The minimum atomic E-state index is -0.395. The van der Waals surface area contributed by atoms with E-state index in [1.807, 2.05) is 52.8 Å². The van der Waals surface area contributed by atoms with Crippen LogP contribution in [-0.4, -0.2) is 24.7 Å². The monoisotopic (exact) mass is 287 g/mol. The summed E-state index contributed by atoms with van der Waals surface area (Å²) >= 11 is 0. The van der Waals surface area contributed by atoms with E-state index in [2.05, 4.69) is 5.32 Å². The van der Waals surface area contributed by atoms with Crippen molar-refractivity contribution in [3.63, 3.8) is 0 Å². The zero-order valence-corrected chi connectivity index (χ0v) is 13.3. The molecule has 1 N–H and O–H groups in total. The topological polar surface area (TPSA) is 47.6 Å². The van der Waals surface area contributed by atoms with Gasteiger partial charge >= 0.3 is 7.12 Å². The lowest BCUT2D eigenvalue weighted by Crippen LogP contribution is -2.36. The summed E-state index contributed by atoms with van der Waals surface area (Å²) in [6.07, 6.45) is 3.23. The summed E-state index contributed by atoms with van der Waals surface area (Å²) in [4.78, 5) is 11.7. The van der Waals surface area contributed by atoms with E-state index in [0.717, 1.165) is 16.7 Å². The normalized spacial score (nSPS) is 21.0. The number of rotatable bonds is 3. The van der Waals surface area contributed by atoms with Crippen LogP contribution in [0.2, 0.25) is 0 Å².